The van der Waals surface area contributed by atoms with Crippen LogP contribution in [0.1, 0.15) is 53.4 Å². The monoisotopic (exact) mass is 420 g/mol. The summed E-state index contributed by atoms with van der Waals surface area (Å²) in [5.74, 6) is 0.698. The van der Waals surface area contributed by atoms with Gasteiger partial charge < -0.3 is 14.7 Å². The predicted octanol–water partition coefficient (Wildman–Crippen LogP) is 3.70. The number of benzene rings is 1. The van der Waals surface area contributed by atoms with Gasteiger partial charge in [-0.1, -0.05) is 26.8 Å². The molecule has 0 radical (unpaired) electrons. The lowest BCUT2D eigenvalue weighted by molar-refractivity contribution is -0.132. The first-order valence-corrected chi connectivity index (χ1v) is 11.2. The van der Waals surface area contributed by atoms with Gasteiger partial charge in [-0.15, -0.1) is 0 Å². The third-order valence-corrected chi connectivity index (χ3v) is 6.83. The second kappa shape index (κ2) is 9.23. The summed E-state index contributed by atoms with van der Waals surface area (Å²) in [6.07, 6.45) is 4.62. The zero-order valence-corrected chi connectivity index (χ0v) is 18.9. The first-order valence-electron chi connectivity index (χ1n) is 11.2. The van der Waals surface area contributed by atoms with Crippen LogP contribution >= 0.6 is 0 Å². The molecule has 30 heavy (non-hydrogen) atoms. The molecule has 2 aliphatic rings. The molecule has 1 saturated heterocycles. The highest BCUT2D eigenvalue weighted by Gasteiger charge is 2.40. The maximum absolute atomic E-state index is 13.5. The third kappa shape index (κ3) is 5.94. The van der Waals surface area contributed by atoms with Gasteiger partial charge in [-0.25, -0.2) is 4.39 Å². The minimum absolute atomic E-state index is 0.0219. The van der Waals surface area contributed by atoms with Gasteiger partial charge in [0, 0.05) is 38.7 Å². The SMILES string of the molecule is CC(=O)N1CCN(C2CCC(C(C)(C)C)CC2)CC(O)(COc2cccc(F)c2)C1. The largest absolute Gasteiger partial charge is 0.490 e. The molecule has 5 nitrogen and oxygen atoms in total. The lowest BCUT2D eigenvalue weighted by Gasteiger charge is -2.42. The van der Waals surface area contributed by atoms with E-state index in [2.05, 4.69) is 25.7 Å². The van der Waals surface area contributed by atoms with Gasteiger partial charge in [-0.3, -0.25) is 9.69 Å². The number of hydrogen-bond acceptors (Lipinski definition) is 4. The molecule has 0 aromatic heterocycles. The van der Waals surface area contributed by atoms with Gasteiger partial charge in [0.15, 0.2) is 0 Å². The molecule has 2 fully saturated rings. The fraction of sp³-hybridized carbons (Fsp3) is 0.708. The molecule has 1 aliphatic heterocycles. The summed E-state index contributed by atoms with van der Waals surface area (Å²) >= 11 is 0. The van der Waals surface area contributed by atoms with E-state index >= 15 is 0 Å². The number of carbonyl (C=O) groups is 1. The first-order chi connectivity index (χ1) is 14.1. The molecule has 1 N–H and O–H groups in total. The number of nitrogens with zero attached hydrogens (tertiary/aromatic N) is 2. The van der Waals surface area contributed by atoms with Gasteiger partial charge in [0.05, 0.1) is 6.54 Å². The number of rotatable bonds is 4. The molecule has 1 atom stereocenters. The Bertz CT molecular complexity index is 727. The molecule has 1 aliphatic carbocycles. The maximum atomic E-state index is 13.5. The minimum Gasteiger partial charge on any atom is -0.490 e. The van der Waals surface area contributed by atoms with Crippen LogP contribution in [0.5, 0.6) is 5.75 Å². The van der Waals surface area contributed by atoms with Gasteiger partial charge in [0.1, 0.15) is 23.8 Å². The van der Waals surface area contributed by atoms with Gasteiger partial charge in [-0.2, -0.15) is 0 Å². The first kappa shape index (κ1) is 23.0. The third-order valence-electron chi connectivity index (χ3n) is 6.83. The molecule has 0 bridgehead atoms. The van der Waals surface area contributed by atoms with E-state index in [9.17, 15) is 14.3 Å². The number of aliphatic hydroxyl groups is 1. The van der Waals surface area contributed by atoms with E-state index in [4.69, 9.17) is 4.74 Å². The molecule has 1 aromatic carbocycles. The number of ether oxygens (including phenoxy) is 1. The normalized spacial score (nSPS) is 28.8. The Balaban J connectivity index is 1.69. The van der Waals surface area contributed by atoms with Crippen LogP contribution in [0.15, 0.2) is 24.3 Å². The van der Waals surface area contributed by atoms with Gasteiger partial charge in [0.2, 0.25) is 5.91 Å². The molecule has 1 amide bonds. The lowest BCUT2D eigenvalue weighted by Crippen LogP contribution is -2.53. The Labute approximate surface area is 180 Å². The van der Waals surface area contributed by atoms with Crippen LogP contribution in [0, 0.1) is 17.2 Å². The Morgan fingerprint density at radius 3 is 2.50 bits per heavy atom. The van der Waals surface area contributed by atoms with Crippen LogP contribution in [-0.2, 0) is 4.79 Å². The quantitative estimate of drug-likeness (QED) is 0.807. The van der Waals surface area contributed by atoms with Crippen molar-refractivity contribution in [3.8, 4) is 5.75 Å². The Morgan fingerprint density at radius 1 is 1.20 bits per heavy atom. The number of amides is 1. The van der Waals surface area contributed by atoms with Crippen molar-refractivity contribution in [2.75, 3.05) is 32.8 Å². The van der Waals surface area contributed by atoms with E-state index in [1.54, 1.807) is 17.0 Å². The highest BCUT2D eigenvalue weighted by Crippen LogP contribution is 2.39. The van der Waals surface area contributed by atoms with Gasteiger partial charge in [-0.05, 0) is 49.1 Å². The molecule has 1 saturated carbocycles. The summed E-state index contributed by atoms with van der Waals surface area (Å²) in [4.78, 5) is 16.1. The number of β-amino-alcohol motifs (C(OH)–C–C–N with tert-alkyl or cyclic N) is 1. The second-order valence-corrected chi connectivity index (χ2v) is 10.3. The lowest BCUT2D eigenvalue weighted by atomic mass is 9.71. The molecule has 1 aromatic rings. The second-order valence-electron chi connectivity index (χ2n) is 10.3. The fourth-order valence-corrected chi connectivity index (χ4v) is 4.94. The molecule has 3 rings (SSSR count). The van der Waals surface area contributed by atoms with Crippen LogP contribution in [0.3, 0.4) is 0 Å². The van der Waals surface area contributed by atoms with Crippen molar-refractivity contribution < 1.29 is 19.0 Å². The average Bonchev–Trinajstić information content (AvgIpc) is 2.86. The van der Waals surface area contributed by atoms with E-state index in [1.165, 1.54) is 31.9 Å². The van der Waals surface area contributed by atoms with Crippen molar-refractivity contribution in [3.05, 3.63) is 30.1 Å². The maximum Gasteiger partial charge on any atom is 0.219 e. The smallest absolute Gasteiger partial charge is 0.219 e. The number of hydrogen-bond donors (Lipinski definition) is 1. The van der Waals surface area contributed by atoms with E-state index in [0.29, 0.717) is 30.3 Å². The average molecular weight is 421 g/mol. The molecule has 0 spiro atoms. The van der Waals surface area contributed by atoms with Crippen molar-refractivity contribution >= 4 is 5.91 Å². The minimum atomic E-state index is -1.20. The summed E-state index contributed by atoms with van der Waals surface area (Å²) in [5.41, 5.74) is -0.871. The van der Waals surface area contributed by atoms with Crippen molar-refractivity contribution in [1.82, 2.24) is 9.80 Å². The van der Waals surface area contributed by atoms with E-state index < -0.39 is 5.60 Å². The fourth-order valence-electron chi connectivity index (χ4n) is 4.94. The van der Waals surface area contributed by atoms with Crippen LogP contribution in [0.25, 0.3) is 0 Å². The van der Waals surface area contributed by atoms with Crippen LogP contribution in [0.4, 0.5) is 4.39 Å². The molecule has 168 valence electrons. The summed E-state index contributed by atoms with van der Waals surface area (Å²) in [6.45, 7) is 10.6. The van der Waals surface area contributed by atoms with Crippen molar-refractivity contribution in [3.63, 3.8) is 0 Å². The van der Waals surface area contributed by atoms with Gasteiger partial charge in [0.25, 0.3) is 0 Å². The summed E-state index contributed by atoms with van der Waals surface area (Å²) in [5, 5.41) is 11.4. The Hall–Kier alpha value is -1.66. The zero-order chi connectivity index (χ0) is 21.9. The molecular formula is C24H37FN2O3. The van der Waals surface area contributed by atoms with E-state index in [-0.39, 0.29) is 24.9 Å². The zero-order valence-electron chi connectivity index (χ0n) is 18.9. The Kier molecular flexibility index (Phi) is 7.08. The summed E-state index contributed by atoms with van der Waals surface area (Å²) in [6, 6.07) is 6.35. The number of carbonyl (C=O) groups excluding carboxylic acids is 1. The van der Waals surface area contributed by atoms with E-state index in [1.807, 2.05) is 0 Å². The van der Waals surface area contributed by atoms with E-state index in [0.717, 1.165) is 25.3 Å². The van der Waals surface area contributed by atoms with Crippen molar-refractivity contribution in [1.29, 1.82) is 0 Å². The van der Waals surface area contributed by atoms with Crippen molar-refractivity contribution in [2.24, 2.45) is 11.3 Å². The molecule has 1 heterocycles. The van der Waals surface area contributed by atoms with Crippen LogP contribution < -0.4 is 4.74 Å². The molecule has 1 unspecified atom stereocenters. The standard InChI is InChI=1S/C24H37FN2O3/c1-18(28)26-12-13-27(21-10-8-19(9-11-21)23(2,3)4)16-24(29,15-26)17-30-22-7-5-6-20(25)14-22/h5-7,14,19,21,29H,8-13,15-17H2,1-4H3. The predicted molar refractivity (Wildman–Crippen MR) is 116 cm³/mol. The summed E-state index contributed by atoms with van der Waals surface area (Å²) in [7, 11) is 0. The Morgan fingerprint density at radius 2 is 1.90 bits per heavy atom. The van der Waals surface area contributed by atoms with Crippen LogP contribution in [-0.4, -0.2) is 65.2 Å². The highest BCUT2D eigenvalue weighted by atomic mass is 19.1. The van der Waals surface area contributed by atoms with Crippen LogP contribution in [0.2, 0.25) is 0 Å². The highest BCUT2D eigenvalue weighted by molar-refractivity contribution is 5.73. The topological polar surface area (TPSA) is 53.0 Å². The molecular weight excluding hydrogens is 383 g/mol. The number of halogens is 1. The van der Waals surface area contributed by atoms with Gasteiger partial charge >= 0.3 is 0 Å². The van der Waals surface area contributed by atoms with Crippen molar-refractivity contribution in [2.45, 2.75) is 65.0 Å². The molecule has 6 heteroatoms. The summed E-state index contributed by atoms with van der Waals surface area (Å²) < 4.78 is 19.2.